The Morgan fingerprint density at radius 2 is 1.81 bits per heavy atom. The van der Waals surface area contributed by atoms with Gasteiger partial charge in [-0.1, -0.05) is 66.3 Å². The number of aryl methyl sites for hydroxylation is 1. The number of ether oxygens (including phenoxy) is 1. The maximum Gasteiger partial charge on any atom is 0.257 e. The summed E-state index contributed by atoms with van der Waals surface area (Å²) in [5.74, 6) is 0.566. The van der Waals surface area contributed by atoms with Gasteiger partial charge in [0, 0.05) is 17.3 Å². The zero-order valence-corrected chi connectivity index (χ0v) is 20.8. The van der Waals surface area contributed by atoms with E-state index in [1.165, 1.54) is 11.3 Å². The van der Waals surface area contributed by atoms with Crippen molar-refractivity contribution in [3.8, 4) is 33.3 Å². The van der Waals surface area contributed by atoms with E-state index < -0.39 is 0 Å². The van der Waals surface area contributed by atoms with E-state index >= 15 is 0 Å². The smallest absolute Gasteiger partial charge is 0.257 e. The fourth-order valence-corrected chi connectivity index (χ4v) is 4.42. The molecule has 3 aromatic carbocycles. The van der Waals surface area contributed by atoms with E-state index in [-0.39, 0.29) is 5.91 Å². The molecule has 2 heterocycles. The van der Waals surface area contributed by atoms with E-state index in [2.05, 4.69) is 22.4 Å². The summed E-state index contributed by atoms with van der Waals surface area (Å²) in [6, 6.07) is 25.2. The van der Waals surface area contributed by atoms with Crippen molar-refractivity contribution in [1.29, 1.82) is 0 Å². The van der Waals surface area contributed by atoms with E-state index in [0.717, 1.165) is 40.2 Å². The van der Waals surface area contributed by atoms with E-state index in [1.807, 2.05) is 84.5 Å². The molecule has 0 radical (unpaired) electrons. The van der Waals surface area contributed by atoms with Crippen molar-refractivity contribution >= 4 is 22.4 Å². The fraction of sp³-hybridized carbons (Fsp3) is 0.143. The van der Waals surface area contributed by atoms with Gasteiger partial charge in [0.05, 0.1) is 17.9 Å². The second-order valence-electron chi connectivity index (χ2n) is 8.28. The van der Waals surface area contributed by atoms with Crippen LogP contribution in [0.4, 0.5) is 5.13 Å². The molecule has 0 saturated carbocycles. The molecule has 5 rings (SSSR count). The Labute approximate surface area is 213 Å². The van der Waals surface area contributed by atoms with Crippen molar-refractivity contribution in [2.45, 2.75) is 20.3 Å². The lowest BCUT2D eigenvalue weighted by Gasteiger charge is -2.06. The molecule has 0 aliphatic heterocycles. The largest absolute Gasteiger partial charge is 0.494 e. The molecule has 7 nitrogen and oxygen atoms in total. The minimum atomic E-state index is -0.223. The van der Waals surface area contributed by atoms with E-state index in [9.17, 15) is 4.79 Å². The quantitative estimate of drug-likeness (QED) is 0.269. The third kappa shape index (κ3) is 5.18. The van der Waals surface area contributed by atoms with Crippen LogP contribution in [-0.2, 0) is 0 Å². The van der Waals surface area contributed by atoms with Crippen LogP contribution < -0.4 is 10.1 Å². The molecule has 36 heavy (non-hydrogen) atoms. The van der Waals surface area contributed by atoms with Crippen molar-refractivity contribution in [1.82, 2.24) is 20.0 Å². The number of anilines is 1. The van der Waals surface area contributed by atoms with Gasteiger partial charge in [-0.15, -0.1) is 10.2 Å². The Kier molecular flexibility index (Phi) is 6.86. The third-order valence-electron chi connectivity index (χ3n) is 5.50. The molecule has 0 bridgehead atoms. The summed E-state index contributed by atoms with van der Waals surface area (Å²) in [4.78, 5) is 12.7. The van der Waals surface area contributed by atoms with Gasteiger partial charge in [0.1, 0.15) is 11.4 Å². The molecule has 5 aromatic rings. The van der Waals surface area contributed by atoms with Gasteiger partial charge in [0.2, 0.25) is 5.13 Å². The first-order valence-electron chi connectivity index (χ1n) is 11.7. The molecule has 0 aliphatic carbocycles. The molecule has 180 valence electrons. The second kappa shape index (κ2) is 10.5. The van der Waals surface area contributed by atoms with Gasteiger partial charge in [-0.3, -0.25) is 10.1 Å². The third-order valence-corrected chi connectivity index (χ3v) is 6.38. The van der Waals surface area contributed by atoms with Crippen molar-refractivity contribution in [3.63, 3.8) is 0 Å². The maximum atomic E-state index is 12.7. The van der Waals surface area contributed by atoms with Crippen LogP contribution in [0.25, 0.3) is 27.5 Å². The van der Waals surface area contributed by atoms with E-state index in [1.54, 1.807) is 12.1 Å². The number of aromatic nitrogens is 4. The number of nitrogens with zero attached hydrogens (tertiary/aromatic N) is 4. The average molecular weight is 496 g/mol. The van der Waals surface area contributed by atoms with Crippen molar-refractivity contribution in [2.75, 3.05) is 11.9 Å². The number of para-hydroxylation sites is 1. The lowest BCUT2D eigenvalue weighted by Crippen LogP contribution is -2.11. The summed E-state index contributed by atoms with van der Waals surface area (Å²) in [5.41, 5.74) is 5.08. The number of amides is 1. The van der Waals surface area contributed by atoms with Crippen LogP contribution in [0.3, 0.4) is 0 Å². The first kappa shape index (κ1) is 23.4. The Hall–Kier alpha value is -4.30. The molecule has 0 aliphatic rings. The van der Waals surface area contributed by atoms with Crippen molar-refractivity contribution in [2.24, 2.45) is 0 Å². The lowest BCUT2D eigenvalue weighted by molar-refractivity contribution is 0.102. The zero-order chi connectivity index (χ0) is 24.9. The molecule has 0 atom stereocenters. The average Bonchev–Trinajstić information content (AvgIpc) is 3.56. The molecule has 2 aromatic heterocycles. The van der Waals surface area contributed by atoms with Gasteiger partial charge in [-0.05, 0) is 49.7 Å². The van der Waals surface area contributed by atoms with Gasteiger partial charge in [0.15, 0.2) is 5.01 Å². The molecular formula is C28H25N5O2S. The first-order valence-corrected chi connectivity index (χ1v) is 12.5. The molecule has 1 N–H and O–H groups in total. The lowest BCUT2D eigenvalue weighted by atomic mass is 10.1. The van der Waals surface area contributed by atoms with Crippen LogP contribution in [0.2, 0.25) is 0 Å². The fourth-order valence-electron chi connectivity index (χ4n) is 3.67. The van der Waals surface area contributed by atoms with Crippen LogP contribution in [0, 0.1) is 6.92 Å². The van der Waals surface area contributed by atoms with Crippen LogP contribution in [0.5, 0.6) is 5.75 Å². The summed E-state index contributed by atoms with van der Waals surface area (Å²) < 4.78 is 7.67. The molecule has 1 amide bonds. The van der Waals surface area contributed by atoms with E-state index in [4.69, 9.17) is 9.84 Å². The maximum absolute atomic E-state index is 12.7. The summed E-state index contributed by atoms with van der Waals surface area (Å²) in [6.07, 6.45) is 2.87. The van der Waals surface area contributed by atoms with Crippen molar-refractivity contribution in [3.05, 3.63) is 96.2 Å². The van der Waals surface area contributed by atoms with Gasteiger partial charge in [-0.2, -0.15) is 5.10 Å². The Morgan fingerprint density at radius 1 is 1.00 bits per heavy atom. The predicted molar refractivity (Wildman–Crippen MR) is 143 cm³/mol. The Morgan fingerprint density at radius 3 is 2.58 bits per heavy atom. The Bertz CT molecular complexity index is 1480. The number of carbonyl (C=O) groups excluding carboxylic acids is 1. The van der Waals surface area contributed by atoms with Gasteiger partial charge in [-0.25, -0.2) is 4.68 Å². The second-order valence-corrected chi connectivity index (χ2v) is 9.26. The number of nitrogens with one attached hydrogen (secondary N) is 1. The number of carbonyl (C=O) groups is 1. The molecular weight excluding hydrogens is 470 g/mol. The highest BCUT2D eigenvalue weighted by atomic mass is 32.1. The number of hydrogen-bond acceptors (Lipinski definition) is 6. The number of rotatable bonds is 8. The highest BCUT2D eigenvalue weighted by Gasteiger charge is 2.19. The Balaban J connectivity index is 1.49. The minimum Gasteiger partial charge on any atom is -0.494 e. The summed E-state index contributed by atoms with van der Waals surface area (Å²) in [5, 5.41) is 17.4. The summed E-state index contributed by atoms with van der Waals surface area (Å²) >= 11 is 1.31. The normalized spacial score (nSPS) is 10.8. The van der Waals surface area contributed by atoms with Gasteiger partial charge < -0.3 is 4.74 Å². The highest BCUT2D eigenvalue weighted by molar-refractivity contribution is 7.18. The van der Waals surface area contributed by atoms with Crippen LogP contribution in [0.15, 0.2) is 85.1 Å². The molecule has 0 saturated heterocycles. The summed E-state index contributed by atoms with van der Waals surface area (Å²) in [6.45, 7) is 4.71. The monoisotopic (exact) mass is 495 g/mol. The van der Waals surface area contributed by atoms with Crippen molar-refractivity contribution < 1.29 is 9.53 Å². The standard InChI is InChI=1S/C28H25N5O2S/c1-3-16-35-23-11-7-8-21(17-23)25-24(18-33(32-25)22-9-5-4-6-10-22)27-30-31-28(36-27)29-26(34)20-14-12-19(2)13-15-20/h4-15,17-18H,3,16H2,1-2H3,(H,29,31,34). The van der Waals surface area contributed by atoms with Crippen LogP contribution in [-0.4, -0.2) is 32.5 Å². The first-order chi connectivity index (χ1) is 17.6. The predicted octanol–water partition coefficient (Wildman–Crippen LogP) is 6.41. The molecule has 0 unspecified atom stereocenters. The van der Waals surface area contributed by atoms with Gasteiger partial charge >= 0.3 is 0 Å². The number of benzene rings is 3. The zero-order valence-electron chi connectivity index (χ0n) is 20.0. The van der Waals surface area contributed by atoms with Crippen LogP contribution >= 0.6 is 11.3 Å². The van der Waals surface area contributed by atoms with E-state index in [0.29, 0.717) is 22.3 Å². The van der Waals surface area contributed by atoms with Gasteiger partial charge in [0.25, 0.3) is 5.91 Å². The topological polar surface area (TPSA) is 81.9 Å². The SMILES string of the molecule is CCCOc1cccc(-c2nn(-c3ccccc3)cc2-c2nnc(NC(=O)c3ccc(C)cc3)s2)c1. The minimum absolute atomic E-state index is 0.223. The number of hydrogen-bond donors (Lipinski definition) is 1. The summed E-state index contributed by atoms with van der Waals surface area (Å²) in [7, 11) is 0. The highest BCUT2D eigenvalue weighted by Crippen LogP contribution is 2.36. The van der Waals surface area contributed by atoms with Crippen LogP contribution in [0.1, 0.15) is 29.3 Å². The molecule has 0 fully saturated rings. The molecule has 8 heteroatoms. The molecule has 0 spiro atoms.